The van der Waals surface area contributed by atoms with Gasteiger partial charge in [0.05, 0.1) is 23.1 Å². The number of hydrogen-bond acceptors (Lipinski definition) is 5. The number of para-hydroxylation sites is 1. The summed E-state index contributed by atoms with van der Waals surface area (Å²) in [6.07, 6.45) is 8.50. The number of aromatic nitrogens is 2. The molecule has 4 bridgehead atoms. The third-order valence-electron chi connectivity index (χ3n) is 9.46. The van der Waals surface area contributed by atoms with E-state index in [0.29, 0.717) is 0 Å². The molecule has 1 aliphatic heterocycles. The second-order valence-corrected chi connectivity index (χ2v) is 13.8. The molecule has 0 saturated heterocycles. The van der Waals surface area contributed by atoms with Gasteiger partial charge >= 0.3 is 0 Å². The van der Waals surface area contributed by atoms with Gasteiger partial charge in [-0.25, -0.2) is 0 Å². The zero-order valence-corrected chi connectivity index (χ0v) is 26.7. The SMILES string of the molecule is CN1c2ccccc2Sc2cc(CCc3cc4ccc3CCc3ccc(c(CCc5cccc6nsnc56)c3)CC4)ccc21. The van der Waals surface area contributed by atoms with Gasteiger partial charge in [0.1, 0.15) is 11.0 Å². The van der Waals surface area contributed by atoms with E-state index >= 15 is 0 Å². The summed E-state index contributed by atoms with van der Waals surface area (Å²) in [5.74, 6) is 0. The molecule has 0 saturated carbocycles. The fourth-order valence-electron chi connectivity index (χ4n) is 6.93. The van der Waals surface area contributed by atoms with E-state index in [0.717, 1.165) is 62.4 Å². The number of nitrogens with zero attached hydrogens (tertiary/aromatic N) is 3. The molecule has 3 nitrogen and oxygen atoms in total. The molecule has 11 rings (SSSR count). The molecule has 4 aliphatic carbocycles. The zero-order chi connectivity index (χ0) is 29.5. The maximum Gasteiger partial charge on any atom is 0.107 e. The van der Waals surface area contributed by atoms with Crippen molar-refractivity contribution >= 4 is 45.9 Å². The molecule has 2 heterocycles. The van der Waals surface area contributed by atoms with Crippen molar-refractivity contribution in [3.05, 3.63) is 142 Å². The predicted octanol–water partition coefficient (Wildman–Crippen LogP) is 9.38. The molecule has 0 fully saturated rings. The van der Waals surface area contributed by atoms with Crippen molar-refractivity contribution in [3.63, 3.8) is 0 Å². The lowest BCUT2D eigenvalue weighted by atomic mass is 9.88. The molecule has 0 radical (unpaired) electrons. The minimum atomic E-state index is 1.00. The van der Waals surface area contributed by atoms with Gasteiger partial charge in [-0.1, -0.05) is 78.5 Å². The van der Waals surface area contributed by atoms with Gasteiger partial charge in [0.15, 0.2) is 0 Å². The largest absolute Gasteiger partial charge is 0.343 e. The Morgan fingerprint density at radius 1 is 0.591 bits per heavy atom. The normalized spacial score (nSPS) is 13.9. The van der Waals surface area contributed by atoms with Crippen LogP contribution in [0.1, 0.15) is 44.5 Å². The second kappa shape index (κ2) is 11.9. The summed E-state index contributed by atoms with van der Waals surface area (Å²) in [5, 5.41) is 0. The Morgan fingerprint density at radius 3 is 2.09 bits per heavy atom. The molecule has 0 unspecified atom stereocenters. The number of anilines is 2. The molecule has 0 N–H and O–H groups in total. The number of rotatable bonds is 6. The van der Waals surface area contributed by atoms with Crippen LogP contribution < -0.4 is 4.90 Å². The first-order chi connectivity index (χ1) is 21.7. The monoisotopic (exact) mass is 609 g/mol. The molecule has 1 aromatic heterocycles. The van der Waals surface area contributed by atoms with E-state index in [4.69, 9.17) is 0 Å². The number of hydrogen-bond donors (Lipinski definition) is 0. The minimum absolute atomic E-state index is 1.00. The first-order valence-electron chi connectivity index (χ1n) is 15.7. The zero-order valence-electron chi connectivity index (χ0n) is 25.1. The summed E-state index contributed by atoms with van der Waals surface area (Å²) < 4.78 is 9.02. The van der Waals surface area contributed by atoms with Crippen LogP contribution in [0.25, 0.3) is 11.0 Å². The van der Waals surface area contributed by atoms with Gasteiger partial charge in [-0.3, -0.25) is 0 Å². The standard InChI is InChI=1S/C39H35N3S2/c1-42-35-7-2-3-8-37(35)43-38-25-28(14-22-36(38)42)13-19-32-23-26-9-15-29(32)16-10-27-12-18-30(17-11-26)33(24-27)21-20-31-5-4-6-34-39(31)41-44-40-34/h2-9,12,14-15,18,22-25H,10-11,13,16-17,19-21H2,1H3. The Hall–Kier alpha value is -3.93. The highest BCUT2D eigenvalue weighted by molar-refractivity contribution is 7.99. The van der Waals surface area contributed by atoms with E-state index in [9.17, 15) is 0 Å². The average Bonchev–Trinajstić information content (AvgIpc) is 3.54. The summed E-state index contributed by atoms with van der Waals surface area (Å²) in [7, 11) is 2.18. The molecular formula is C39H35N3S2. The molecule has 44 heavy (non-hydrogen) atoms. The van der Waals surface area contributed by atoms with E-state index in [1.807, 2.05) is 11.8 Å². The van der Waals surface area contributed by atoms with Crippen molar-refractivity contribution in [2.24, 2.45) is 0 Å². The third kappa shape index (κ3) is 5.44. The van der Waals surface area contributed by atoms with Crippen molar-refractivity contribution in [3.8, 4) is 0 Å². The van der Waals surface area contributed by atoms with Crippen LogP contribution in [-0.2, 0) is 51.4 Å². The molecule has 0 amide bonds. The van der Waals surface area contributed by atoms with E-state index in [-0.39, 0.29) is 0 Å². The van der Waals surface area contributed by atoms with Gasteiger partial charge in [0.2, 0.25) is 0 Å². The number of aryl methyl sites for hydroxylation is 8. The Bertz CT molecular complexity index is 1990. The van der Waals surface area contributed by atoms with Crippen LogP contribution in [0.3, 0.4) is 0 Å². The number of fused-ring (bicyclic) bond motifs is 3. The maximum absolute atomic E-state index is 4.57. The highest BCUT2D eigenvalue weighted by Gasteiger charge is 2.20. The lowest BCUT2D eigenvalue weighted by Gasteiger charge is -2.29. The maximum atomic E-state index is 4.57. The highest BCUT2D eigenvalue weighted by Crippen LogP contribution is 2.47. The average molecular weight is 610 g/mol. The van der Waals surface area contributed by atoms with E-state index < -0.39 is 0 Å². The minimum Gasteiger partial charge on any atom is -0.343 e. The van der Waals surface area contributed by atoms with Crippen LogP contribution in [0.4, 0.5) is 11.4 Å². The van der Waals surface area contributed by atoms with Gasteiger partial charge in [-0.05, 0) is 126 Å². The smallest absolute Gasteiger partial charge is 0.107 e. The molecular weight excluding hydrogens is 575 g/mol. The molecule has 5 aliphatic rings. The van der Waals surface area contributed by atoms with Gasteiger partial charge < -0.3 is 4.90 Å². The first kappa shape index (κ1) is 27.6. The van der Waals surface area contributed by atoms with Crippen LogP contribution in [0.2, 0.25) is 0 Å². The lowest BCUT2D eigenvalue weighted by molar-refractivity contribution is 0.853. The van der Waals surface area contributed by atoms with Crippen molar-refractivity contribution in [2.45, 2.75) is 61.2 Å². The Kier molecular flexibility index (Phi) is 7.45. The molecule has 5 aromatic carbocycles. The van der Waals surface area contributed by atoms with Gasteiger partial charge in [-0.2, -0.15) is 8.75 Å². The van der Waals surface area contributed by atoms with Crippen LogP contribution in [0.5, 0.6) is 0 Å². The molecule has 5 heteroatoms. The molecule has 0 atom stereocenters. The first-order valence-corrected chi connectivity index (χ1v) is 17.3. The quantitative estimate of drug-likeness (QED) is 0.188. The Labute approximate surface area is 268 Å². The highest BCUT2D eigenvalue weighted by atomic mass is 32.2. The van der Waals surface area contributed by atoms with Crippen molar-refractivity contribution in [1.29, 1.82) is 0 Å². The van der Waals surface area contributed by atoms with E-state index in [2.05, 4.69) is 118 Å². The summed E-state index contributed by atoms with van der Waals surface area (Å²) in [6, 6.07) is 36.7. The third-order valence-corrected chi connectivity index (χ3v) is 11.1. The van der Waals surface area contributed by atoms with Crippen LogP contribution in [0, 0.1) is 0 Å². The van der Waals surface area contributed by atoms with E-state index in [1.165, 1.54) is 77.4 Å². The summed E-state index contributed by atoms with van der Waals surface area (Å²) in [6.45, 7) is 0. The van der Waals surface area contributed by atoms with Crippen molar-refractivity contribution in [1.82, 2.24) is 8.75 Å². The van der Waals surface area contributed by atoms with Gasteiger partial charge in [0.25, 0.3) is 0 Å². The van der Waals surface area contributed by atoms with Crippen LogP contribution in [0.15, 0.2) is 107 Å². The summed E-state index contributed by atoms with van der Waals surface area (Å²) in [5.41, 5.74) is 16.3. The van der Waals surface area contributed by atoms with Crippen LogP contribution in [-0.4, -0.2) is 15.8 Å². The van der Waals surface area contributed by atoms with Gasteiger partial charge in [0, 0.05) is 16.8 Å². The fraction of sp³-hybridized carbons (Fsp3) is 0.231. The lowest BCUT2D eigenvalue weighted by Crippen LogP contribution is -2.14. The predicted molar refractivity (Wildman–Crippen MR) is 185 cm³/mol. The number of benzene rings is 5. The Balaban J connectivity index is 0.988. The van der Waals surface area contributed by atoms with Gasteiger partial charge in [-0.15, -0.1) is 0 Å². The topological polar surface area (TPSA) is 29.0 Å². The van der Waals surface area contributed by atoms with E-state index in [1.54, 1.807) is 0 Å². The Morgan fingerprint density at radius 2 is 1.30 bits per heavy atom. The molecule has 218 valence electrons. The molecule has 6 aromatic rings. The van der Waals surface area contributed by atoms with Crippen molar-refractivity contribution < 1.29 is 0 Å². The summed E-state index contributed by atoms with van der Waals surface area (Å²) >= 11 is 3.21. The fourth-order valence-corrected chi connectivity index (χ4v) is 8.72. The summed E-state index contributed by atoms with van der Waals surface area (Å²) in [4.78, 5) is 5.02. The van der Waals surface area contributed by atoms with Crippen LogP contribution >= 0.6 is 23.5 Å². The second-order valence-electron chi connectivity index (χ2n) is 12.2. The molecule has 0 spiro atoms. The van der Waals surface area contributed by atoms with Crippen molar-refractivity contribution in [2.75, 3.05) is 11.9 Å².